The number of rotatable bonds is 11. The lowest BCUT2D eigenvalue weighted by Crippen LogP contribution is -2.29. The second-order valence-corrected chi connectivity index (χ2v) is 6.01. The zero-order valence-electron chi connectivity index (χ0n) is 13.6. The maximum absolute atomic E-state index is 5.22. The van der Waals surface area contributed by atoms with Gasteiger partial charge in [0.05, 0.1) is 6.61 Å². The lowest BCUT2D eigenvalue weighted by atomic mass is 10.1. The van der Waals surface area contributed by atoms with Crippen LogP contribution in [0, 0.1) is 0 Å². The summed E-state index contributed by atoms with van der Waals surface area (Å²) in [6.45, 7) is 7.34. The second kappa shape index (κ2) is 9.19. The van der Waals surface area contributed by atoms with Crippen LogP contribution in [0.15, 0.2) is 24.3 Å². The Hall–Kier alpha value is -0.900. The third kappa shape index (κ3) is 6.16. The molecule has 0 bridgehead atoms. The van der Waals surface area contributed by atoms with Crippen molar-refractivity contribution < 1.29 is 4.74 Å². The molecule has 0 atom stereocenters. The quantitative estimate of drug-likeness (QED) is 0.634. The Morgan fingerprint density at radius 3 is 2.48 bits per heavy atom. The standard InChI is InChI=1S/C18H30N2O/c1-3-11-19-12-10-16-4-6-17(7-5-16)15-20(13-14-21-2)18-8-9-18/h4-7,18-19H,3,8-15H2,1-2H3. The summed E-state index contributed by atoms with van der Waals surface area (Å²) >= 11 is 0. The SMILES string of the molecule is CCCNCCc1ccc(CN(CCOC)C2CC2)cc1. The van der Waals surface area contributed by atoms with Crippen LogP contribution in [0.1, 0.15) is 37.3 Å². The third-order valence-electron chi connectivity index (χ3n) is 4.07. The minimum atomic E-state index is 0.790. The molecular formula is C18H30N2O. The largest absolute Gasteiger partial charge is 0.383 e. The van der Waals surface area contributed by atoms with E-state index in [0.717, 1.165) is 45.2 Å². The van der Waals surface area contributed by atoms with E-state index in [-0.39, 0.29) is 0 Å². The molecule has 3 heteroatoms. The molecule has 1 aromatic carbocycles. The van der Waals surface area contributed by atoms with Gasteiger partial charge in [0, 0.05) is 26.2 Å². The monoisotopic (exact) mass is 290 g/mol. The minimum Gasteiger partial charge on any atom is -0.383 e. The van der Waals surface area contributed by atoms with Crippen molar-refractivity contribution >= 4 is 0 Å². The van der Waals surface area contributed by atoms with Gasteiger partial charge in [-0.2, -0.15) is 0 Å². The van der Waals surface area contributed by atoms with Gasteiger partial charge in [0.15, 0.2) is 0 Å². The predicted octanol–water partition coefficient (Wildman–Crippen LogP) is 2.84. The Kier molecular flexibility index (Phi) is 7.20. The molecule has 3 nitrogen and oxygen atoms in total. The third-order valence-corrected chi connectivity index (χ3v) is 4.07. The Morgan fingerprint density at radius 2 is 1.86 bits per heavy atom. The first-order valence-electron chi connectivity index (χ1n) is 8.35. The van der Waals surface area contributed by atoms with Gasteiger partial charge in [-0.25, -0.2) is 0 Å². The van der Waals surface area contributed by atoms with Gasteiger partial charge in [-0.3, -0.25) is 4.90 Å². The first-order chi connectivity index (χ1) is 10.3. The Morgan fingerprint density at radius 1 is 1.14 bits per heavy atom. The molecule has 0 unspecified atom stereocenters. The van der Waals surface area contributed by atoms with Gasteiger partial charge in [0.1, 0.15) is 0 Å². The summed E-state index contributed by atoms with van der Waals surface area (Å²) in [4.78, 5) is 2.56. The molecule has 0 saturated heterocycles. The lowest BCUT2D eigenvalue weighted by molar-refractivity contribution is 0.139. The van der Waals surface area contributed by atoms with Gasteiger partial charge in [-0.05, 0) is 49.9 Å². The summed E-state index contributed by atoms with van der Waals surface area (Å²) in [6, 6.07) is 9.93. The van der Waals surface area contributed by atoms with E-state index in [1.54, 1.807) is 7.11 Å². The average Bonchev–Trinajstić information content (AvgIpc) is 3.34. The van der Waals surface area contributed by atoms with Crippen LogP contribution in [0.2, 0.25) is 0 Å². The molecule has 118 valence electrons. The number of hydrogen-bond acceptors (Lipinski definition) is 3. The maximum atomic E-state index is 5.22. The van der Waals surface area contributed by atoms with Crippen LogP contribution in [0.3, 0.4) is 0 Å². The number of hydrogen-bond donors (Lipinski definition) is 1. The number of nitrogens with one attached hydrogen (secondary N) is 1. The van der Waals surface area contributed by atoms with E-state index in [1.165, 1.54) is 30.4 Å². The fourth-order valence-corrected chi connectivity index (χ4v) is 2.62. The van der Waals surface area contributed by atoms with E-state index in [0.29, 0.717) is 0 Å². The first-order valence-corrected chi connectivity index (χ1v) is 8.35. The van der Waals surface area contributed by atoms with Gasteiger partial charge in [-0.15, -0.1) is 0 Å². The second-order valence-electron chi connectivity index (χ2n) is 6.01. The predicted molar refractivity (Wildman–Crippen MR) is 88.6 cm³/mol. The summed E-state index contributed by atoms with van der Waals surface area (Å²) in [5.74, 6) is 0. The van der Waals surface area contributed by atoms with Crippen LogP contribution >= 0.6 is 0 Å². The zero-order chi connectivity index (χ0) is 14.9. The van der Waals surface area contributed by atoms with E-state index in [4.69, 9.17) is 4.74 Å². The highest BCUT2D eigenvalue weighted by molar-refractivity contribution is 5.23. The van der Waals surface area contributed by atoms with Gasteiger partial charge < -0.3 is 10.1 Å². The number of methoxy groups -OCH3 is 1. The molecule has 21 heavy (non-hydrogen) atoms. The van der Waals surface area contributed by atoms with E-state index < -0.39 is 0 Å². The zero-order valence-corrected chi connectivity index (χ0v) is 13.6. The molecule has 1 aromatic rings. The topological polar surface area (TPSA) is 24.5 Å². The fraction of sp³-hybridized carbons (Fsp3) is 0.667. The normalized spacial score (nSPS) is 14.8. The number of benzene rings is 1. The van der Waals surface area contributed by atoms with E-state index in [2.05, 4.69) is 41.4 Å². The van der Waals surface area contributed by atoms with E-state index >= 15 is 0 Å². The molecule has 1 aliphatic carbocycles. The fourth-order valence-electron chi connectivity index (χ4n) is 2.62. The van der Waals surface area contributed by atoms with Crippen LogP contribution < -0.4 is 5.32 Å². The summed E-state index contributed by atoms with van der Waals surface area (Å²) in [5, 5.41) is 3.45. The van der Waals surface area contributed by atoms with Crippen molar-refractivity contribution in [3.63, 3.8) is 0 Å². The average molecular weight is 290 g/mol. The van der Waals surface area contributed by atoms with Gasteiger partial charge >= 0.3 is 0 Å². The van der Waals surface area contributed by atoms with Crippen LogP contribution in [0.5, 0.6) is 0 Å². The summed E-state index contributed by atoms with van der Waals surface area (Å²) < 4.78 is 5.22. The molecule has 0 spiro atoms. The highest BCUT2D eigenvalue weighted by atomic mass is 16.5. The molecule has 0 radical (unpaired) electrons. The van der Waals surface area contributed by atoms with Gasteiger partial charge in [-0.1, -0.05) is 31.2 Å². The molecular weight excluding hydrogens is 260 g/mol. The minimum absolute atomic E-state index is 0.790. The van der Waals surface area contributed by atoms with E-state index in [1.807, 2.05) is 0 Å². The van der Waals surface area contributed by atoms with Crippen molar-refractivity contribution in [1.29, 1.82) is 0 Å². The molecule has 0 amide bonds. The van der Waals surface area contributed by atoms with Crippen molar-refractivity contribution in [3.05, 3.63) is 35.4 Å². The van der Waals surface area contributed by atoms with Crippen LogP contribution in [0.25, 0.3) is 0 Å². The first kappa shape index (κ1) is 16.5. The van der Waals surface area contributed by atoms with E-state index in [9.17, 15) is 0 Å². The highest BCUT2D eigenvalue weighted by Gasteiger charge is 2.28. The van der Waals surface area contributed by atoms with Crippen molar-refractivity contribution in [2.45, 2.75) is 45.2 Å². The van der Waals surface area contributed by atoms with Gasteiger partial charge in [0.2, 0.25) is 0 Å². The Labute approximate surface area is 129 Å². The molecule has 1 saturated carbocycles. The molecule has 0 aliphatic heterocycles. The number of ether oxygens (including phenoxy) is 1. The van der Waals surface area contributed by atoms with Crippen molar-refractivity contribution in [3.8, 4) is 0 Å². The summed E-state index contributed by atoms with van der Waals surface area (Å²) in [7, 11) is 1.78. The highest BCUT2D eigenvalue weighted by Crippen LogP contribution is 2.28. The van der Waals surface area contributed by atoms with Crippen molar-refractivity contribution in [2.75, 3.05) is 33.4 Å². The Balaban J connectivity index is 1.77. The van der Waals surface area contributed by atoms with Crippen molar-refractivity contribution in [2.24, 2.45) is 0 Å². The molecule has 0 aromatic heterocycles. The van der Waals surface area contributed by atoms with Crippen LogP contribution in [0.4, 0.5) is 0 Å². The van der Waals surface area contributed by atoms with Crippen LogP contribution in [-0.2, 0) is 17.7 Å². The molecule has 0 heterocycles. The van der Waals surface area contributed by atoms with Crippen molar-refractivity contribution in [1.82, 2.24) is 10.2 Å². The van der Waals surface area contributed by atoms with Gasteiger partial charge in [0.25, 0.3) is 0 Å². The summed E-state index contributed by atoms with van der Waals surface area (Å²) in [6.07, 6.45) is 5.03. The maximum Gasteiger partial charge on any atom is 0.0589 e. The molecule has 1 aliphatic rings. The molecule has 1 fully saturated rings. The molecule has 1 N–H and O–H groups in total. The lowest BCUT2D eigenvalue weighted by Gasteiger charge is -2.21. The number of nitrogens with zero attached hydrogens (tertiary/aromatic N) is 1. The van der Waals surface area contributed by atoms with Crippen LogP contribution in [-0.4, -0.2) is 44.3 Å². The Bertz CT molecular complexity index is 387. The smallest absolute Gasteiger partial charge is 0.0589 e. The molecule has 2 rings (SSSR count). The summed E-state index contributed by atoms with van der Waals surface area (Å²) in [5.41, 5.74) is 2.85.